The fraction of sp³-hybridized carbons (Fsp3) is 0.588. The molecule has 2 aromatic rings. The monoisotopic (exact) mass is 345 g/mol. The van der Waals surface area contributed by atoms with Gasteiger partial charge in [-0.05, 0) is 13.8 Å². The largest absolute Gasteiger partial charge is 0.378 e. The number of amides is 1. The molecule has 2 aliphatic rings. The summed E-state index contributed by atoms with van der Waals surface area (Å²) in [6, 6.07) is 2.08. The summed E-state index contributed by atoms with van der Waals surface area (Å²) in [7, 11) is 0. The number of carbonyl (C=O) groups is 1. The Morgan fingerprint density at radius 1 is 1.28 bits per heavy atom. The molecule has 134 valence electrons. The molecule has 1 saturated heterocycles. The first kappa shape index (κ1) is 16.3. The van der Waals surface area contributed by atoms with E-state index in [1.54, 1.807) is 0 Å². The van der Waals surface area contributed by atoms with E-state index in [0.29, 0.717) is 32.0 Å². The quantitative estimate of drug-likeness (QED) is 0.833. The van der Waals surface area contributed by atoms with Crippen molar-refractivity contribution in [2.75, 3.05) is 32.8 Å². The maximum atomic E-state index is 12.7. The van der Waals surface area contributed by atoms with Gasteiger partial charge in [-0.15, -0.1) is 0 Å². The van der Waals surface area contributed by atoms with Crippen molar-refractivity contribution < 1.29 is 14.1 Å². The van der Waals surface area contributed by atoms with Crippen LogP contribution in [0.2, 0.25) is 0 Å². The van der Waals surface area contributed by atoms with Crippen molar-refractivity contribution in [3.63, 3.8) is 0 Å². The zero-order valence-corrected chi connectivity index (χ0v) is 14.6. The molecule has 1 amide bonds. The lowest BCUT2D eigenvalue weighted by molar-refractivity contribution is 0.0299. The molecular formula is C17H23N5O3. The van der Waals surface area contributed by atoms with Gasteiger partial charge in [-0.25, -0.2) is 4.98 Å². The predicted octanol–water partition coefficient (Wildman–Crippen LogP) is 1.23. The van der Waals surface area contributed by atoms with Gasteiger partial charge in [0.15, 0.2) is 0 Å². The summed E-state index contributed by atoms with van der Waals surface area (Å²) in [6.07, 6.45) is 1.89. The first-order chi connectivity index (χ1) is 12.1. The zero-order chi connectivity index (χ0) is 17.4. The number of rotatable bonds is 3. The Kier molecular flexibility index (Phi) is 4.30. The van der Waals surface area contributed by atoms with E-state index in [1.165, 1.54) is 0 Å². The fourth-order valence-corrected chi connectivity index (χ4v) is 3.48. The third-order valence-electron chi connectivity index (χ3n) is 4.92. The van der Waals surface area contributed by atoms with E-state index in [-0.39, 0.29) is 11.9 Å². The molecule has 0 N–H and O–H groups in total. The van der Waals surface area contributed by atoms with E-state index >= 15 is 0 Å². The average molecular weight is 345 g/mol. The molecule has 0 spiro atoms. The van der Waals surface area contributed by atoms with Crippen molar-refractivity contribution in [2.45, 2.75) is 33.0 Å². The highest BCUT2D eigenvalue weighted by Crippen LogP contribution is 2.26. The van der Waals surface area contributed by atoms with Crippen LogP contribution in [0.4, 0.5) is 0 Å². The summed E-state index contributed by atoms with van der Waals surface area (Å²) in [6.45, 7) is 8.91. The minimum atomic E-state index is -0.00363. The highest BCUT2D eigenvalue weighted by molar-refractivity contribution is 5.92. The highest BCUT2D eigenvalue weighted by atomic mass is 16.5. The minimum Gasteiger partial charge on any atom is -0.378 e. The molecule has 1 fully saturated rings. The van der Waals surface area contributed by atoms with Crippen LogP contribution in [0, 0.1) is 6.92 Å². The molecule has 1 atom stereocenters. The second-order valence-electron chi connectivity index (χ2n) is 6.66. The van der Waals surface area contributed by atoms with Crippen LogP contribution in [-0.2, 0) is 17.8 Å². The third-order valence-corrected chi connectivity index (χ3v) is 4.92. The molecule has 0 saturated carbocycles. The van der Waals surface area contributed by atoms with Crippen molar-refractivity contribution in [3.8, 4) is 0 Å². The van der Waals surface area contributed by atoms with Gasteiger partial charge in [-0.3, -0.25) is 9.69 Å². The summed E-state index contributed by atoms with van der Waals surface area (Å²) in [4.78, 5) is 21.4. The number of hydrogen-bond donors (Lipinski definition) is 0. The summed E-state index contributed by atoms with van der Waals surface area (Å²) < 4.78 is 12.6. The summed E-state index contributed by atoms with van der Waals surface area (Å²) in [5, 5.41) is 4.08. The molecule has 4 heterocycles. The number of nitrogens with zero attached hydrogens (tertiary/aromatic N) is 5. The molecule has 8 heteroatoms. The number of ether oxygens (including phenoxy) is 1. The number of aryl methyl sites for hydroxylation is 1. The van der Waals surface area contributed by atoms with Gasteiger partial charge in [0, 0.05) is 45.0 Å². The molecule has 4 rings (SSSR count). The summed E-state index contributed by atoms with van der Waals surface area (Å²) >= 11 is 0. The maximum Gasteiger partial charge on any atom is 0.274 e. The van der Waals surface area contributed by atoms with Crippen LogP contribution in [0.1, 0.15) is 40.7 Å². The number of morpholine rings is 1. The van der Waals surface area contributed by atoms with E-state index in [0.717, 1.165) is 36.9 Å². The van der Waals surface area contributed by atoms with Crippen LogP contribution in [0.5, 0.6) is 0 Å². The number of hydrogen-bond acceptors (Lipinski definition) is 6. The van der Waals surface area contributed by atoms with Gasteiger partial charge in [-0.1, -0.05) is 5.16 Å². The summed E-state index contributed by atoms with van der Waals surface area (Å²) in [5.74, 6) is 1.75. The van der Waals surface area contributed by atoms with Crippen LogP contribution >= 0.6 is 0 Å². The highest BCUT2D eigenvalue weighted by Gasteiger charge is 2.29. The number of imidazole rings is 1. The molecular weight excluding hydrogens is 322 g/mol. The SMILES string of the molecule is Cc1cc(CN2CCn3cc(C(=O)N4CCOCC4)nc3[C@@H]2C)no1. The Hall–Kier alpha value is -2.19. The van der Waals surface area contributed by atoms with Gasteiger partial charge in [0.2, 0.25) is 0 Å². The van der Waals surface area contributed by atoms with Crippen LogP contribution in [0.15, 0.2) is 16.8 Å². The maximum absolute atomic E-state index is 12.7. The standard InChI is InChI=1S/C17H23N5O3/c1-12-9-14(19-25-12)10-21-3-4-22-11-15(18-16(22)13(21)2)17(23)20-5-7-24-8-6-20/h9,11,13H,3-8,10H2,1-2H3/t13-/m0/s1. The third kappa shape index (κ3) is 3.19. The topological polar surface area (TPSA) is 76.6 Å². The number of carbonyl (C=O) groups excluding carboxylic acids is 1. The Balaban J connectivity index is 1.50. The molecule has 25 heavy (non-hydrogen) atoms. The summed E-state index contributed by atoms with van der Waals surface area (Å²) in [5.41, 5.74) is 1.46. The molecule has 0 bridgehead atoms. The molecule has 0 aromatic carbocycles. The molecule has 8 nitrogen and oxygen atoms in total. The molecule has 0 radical (unpaired) electrons. The van der Waals surface area contributed by atoms with Crippen LogP contribution in [0.3, 0.4) is 0 Å². The number of aromatic nitrogens is 3. The molecule has 2 aromatic heterocycles. The Morgan fingerprint density at radius 2 is 2.08 bits per heavy atom. The Morgan fingerprint density at radius 3 is 2.80 bits per heavy atom. The van der Waals surface area contributed by atoms with E-state index in [9.17, 15) is 4.79 Å². The van der Waals surface area contributed by atoms with Gasteiger partial charge in [0.25, 0.3) is 5.91 Å². The Bertz CT molecular complexity index is 762. The first-order valence-corrected chi connectivity index (χ1v) is 8.72. The second-order valence-corrected chi connectivity index (χ2v) is 6.66. The predicted molar refractivity (Wildman–Crippen MR) is 89.0 cm³/mol. The van der Waals surface area contributed by atoms with E-state index < -0.39 is 0 Å². The first-order valence-electron chi connectivity index (χ1n) is 8.72. The van der Waals surface area contributed by atoms with Gasteiger partial charge >= 0.3 is 0 Å². The van der Waals surface area contributed by atoms with Gasteiger partial charge in [-0.2, -0.15) is 0 Å². The van der Waals surface area contributed by atoms with Crippen molar-refractivity contribution in [2.24, 2.45) is 0 Å². The molecule has 2 aliphatic heterocycles. The Labute approximate surface area is 146 Å². The van der Waals surface area contributed by atoms with E-state index in [2.05, 4.69) is 26.5 Å². The average Bonchev–Trinajstić information content (AvgIpc) is 3.24. The molecule has 0 aliphatic carbocycles. The van der Waals surface area contributed by atoms with Gasteiger partial charge in [0.05, 0.1) is 24.9 Å². The van der Waals surface area contributed by atoms with Crippen molar-refractivity contribution in [3.05, 3.63) is 35.2 Å². The second kappa shape index (κ2) is 6.61. The van der Waals surface area contributed by atoms with Crippen LogP contribution in [-0.4, -0.2) is 63.3 Å². The number of fused-ring (bicyclic) bond motifs is 1. The fourth-order valence-electron chi connectivity index (χ4n) is 3.48. The lowest BCUT2D eigenvalue weighted by Crippen LogP contribution is -2.40. The normalized spacial score (nSPS) is 21.4. The molecule has 0 unspecified atom stereocenters. The van der Waals surface area contributed by atoms with E-state index in [4.69, 9.17) is 9.26 Å². The van der Waals surface area contributed by atoms with Crippen LogP contribution in [0.25, 0.3) is 0 Å². The van der Waals surface area contributed by atoms with Crippen molar-refractivity contribution >= 4 is 5.91 Å². The van der Waals surface area contributed by atoms with Crippen molar-refractivity contribution in [1.82, 2.24) is 24.5 Å². The van der Waals surface area contributed by atoms with Crippen LogP contribution < -0.4 is 0 Å². The van der Waals surface area contributed by atoms with Gasteiger partial charge < -0.3 is 18.7 Å². The zero-order valence-electron chi connectivity index (χ0n) is 14.6. The lowest BCUT2D eigenvalue weighted by Gasteiger charge is -2.32. The lowest BCUT2D eigenvalue weighted by atomic mass is 10.2. The van der Waals surface area contributed by atoms with Crippen molar-refractivity contribution in [1.29, 1.82) is 0 Å². The minimum absolute atomic E-state index is 0.00363. The van der Waals surface area contributed by atoms with E-state index in [1.807, 2.05) is 24.1 Å². The van der Waals surface area contributed by atoms with Gasteiger partial charge in [0.1, 0.15) is 17.3 Å². The smallest absolute Gasteiger partial charge is 0.274 e.